The van der Waals surface area contributed by atoms with Crippen molar-refractivity contribution in [3.63, 3.8) is 0 Å². The minimum absolute atomic E-state index is 0.514. The van der Waals surface area contributed by atoms with Gasteiger partial charge in [0.15, 0.2) is 0 Å². The van der Waals surface area contributed by atoms with Gasteiger partial charge in [-0.2, -0.15) is 0 Å². The first-order valence-electron chi connectivity index (χ1n) is 7.84. The van der Waals surface area contributed by atoms with Crippen LogP contribution < -0.4 is 0 Å². The molecular weight excluding hydrogens is 343 g/mol. The molecule has 0 fully saturated rings. The molecule has 106 valence electrons. The van der Waals surface area contributed by atoms with Crippen LogP contribution in [0.4, 0.5) is 0 Å². The number of benzene rings is 2. The predicted molar refractivity (Wildman–Crippen MR) is 93.2 cm³/mol. The summed E-state index contributed by atoms with van der Waals surface area (Å²) in [6.45, 7) is 2.24. The fourth-order valence-electron chi connectivity index (χ4n) is 3.58. The van der Waals surface area contributed by atoms with Gasteiger partial charge in [-0.05, 0) is 0 Å². The summed E-state index contributed by atoms with van der Waals surface area (Å²) in [5.74, 6) is 1.03. The zero-order valence-electron chi connectivity index (χ0n) is 12.7. The second-order valence-electron chi connectivity index (χ2n) is 5.82. The molecule has 0 heterocycles. The van der Waals surface area contributed by atoms with E-state index in [1.54, 1.807) is 3.21 Å². The Morgan fingerprint density at radius 3 is 1.82 bits per heavy atom. The molecule has 0 radical (unpaired) electrons. The van der Waals surface area contributed by atoms with Crippen LogP contribution in [0.25, 0.3) is 12.2 Å². The Balaban J connectivity index is 1.81. The van der Waals surface area contributed by atoms with Crippen molar-refractivity contribution in [1.29, 1.82) is 0 Å². The SMILES string of the molecule is C[CH]=[Zr]=[C](C1C=Cc2ccccc21)C1C=Cc2ccccc21. The van der Waals surface area contributed by atoms with Crippen LogP contribution in [0, 0.1) is 0 Å². The molecule has 2 aliphatic carbocycles. The van der Waals surface area contributed by atoms with Crippen LogP contribution in [0.5, 0.6) is 0 Å². The van der Waals surface area contributed by atoms with Crippen LogP contribution in [0.1, 0.15) is 41.0 Å². The summed E-state index contributed by atoms with van der Waals surface area (Å²) in [4.78, 5) is 0. The molecule has 1 heteroatoms. The molecule has 0 nitrogen and oxygen atoms in total. The number of fused-ring (bicyclic) bond motifs is 2. The molecule has 0 aliphatic heterocycles. The van der Waals surface area contributed by atoms with Crippen molar-refractivity contribution in [1.82, 2.24) is 0 Å². The van der Waals surface area contributed by atoms with Gasteiger partial charge in [0.05, 0.1) is 0 Å². The third-order valence-corrected chi connectivity index (χ3v) is 7.64. The molecule has 2 unspecified atom stereocenters. The summed E-state index contributed by atoms with van der Waals surface area (Å²) in [5, 5.41) is 0. The molecule has 0 bridgehead atoms. The molecule has 22 heavy (non-hydrogen) atoms. The average molecular weight is 362 g/mol. The number of allylic oxidation sites excluding steroid dienone is 2. The van der Waals surface area contributed by atoms with E-state index in [9.17, 15) is 0 Å². The molecule has 0 saturated carbocycles. The molecule has 0 N–H and O–H groups in total. The molecule has 2 atom stereocenters. The maximum atomic E-state index is 2.46. The standard InChI is InChI=1S/C19H14.C2H4.Zr/c1-3-7-18-14(5-1)9-11-16(18)13-17-12-10-15-6-2-4-8-19(15)17;1-2;/h1-12,16-17H;1H,2H3;. The molecule has 0 aromatic heterocycles. The van der Waals surface area contributed by atoms with Crippen molar-refractivity contribution in [2.75, 3.05) is 0 Å². The molecule has 2 aromatic carbocycles. The Bertz CT molecular complexity index is 784. The summed E-state index contributed by atoms with van der Waals surface area (Å²) < 4.78 is 4.22. The van der Waals surface area contributed by atoms with E-state index in [-0.39, 0.29) is 0 Å². The second-order valence-corrected chi connectivity index (χ2v) is 9.37. The number of rotatable bonds is 2. The Morgan fingerprint density at radius 1 is 0.818 bits per heavy atom. The van der Waals surface area contributed by atoms with Crippen molar-refractivity contribution >= 4 is 19.1 Å². The molecular formula is C21H18Zr. The van der Waals surface area contributed by atoms with Gasteiger partial charge in [0.2, 0.25) is 0 Å². The maximum absolute atomic E-state index is 2.46. The van der Waals surface area contributed by atoms with Gasteiger partial charge in [0.25, 0.3) is 0 Å². The van der Waals surface area contributed by atoms with E-state index in [1.165, 1.54) is 22.3 Å². The van der Waals surface area contributed by atoms with Crippen molar-refractivity contribution in [3.05, 3.63) is 82.9 Å². The second kappa shape index (κ2) is 5.97. The zero-order valence-corrected chi connectivity index (χ0v) is 15.1. The first-order valence-corrected chi connectivity index (χ1v) is 10.5. The van der Waals surface area contributed by atoms with Gasteiger partial charge in [0, 0.05) is 0 Å². The van der Waals surface area contributed by atoms with Gasteiger partial charge in [0.1, 0.15) is 0 Å². The van der Waals surface area contributed by atoms with Crippen molar-refractivity contribution in [3.8, 4) is 0 Å². The number of hydrogen-bond acceptors (Lipinski definition) is 0. The van der Waals surface area contributed by atoms with Crippen molar-refractivity contribution < 1.29 is 22.3 Å². The Labute approximate surface area is 142 Å². The van der Waals surface area contributed by atoms with Crippen molar-refractivity contribution in [2.45, 2.75) is 18.8 Å². The van der Waals surface area contributed by atoms with Crippen molar-refractivity contribution in [2.24, 2.45) is 0 Å². The molecule has 4 rings (SSSR count). The van der Waals surface area contributed by atoms with Gasteiger partial charge in [-0.1, -0.05) is 0 Å². The predicted octanol–water partition coefficient (Wildman–Crippen LogP) is 4.68. The molecule has 2 aliphatic rings. The summed E-state index contributed by atoms with van der Waals surface area (Å²) >= 11 is -0.621. The van der Waals surface area contributed by atoms with Crippen LogP contribution in [-0.2, 0) is 22.3 Å². The molecule has 0 amide bonds. The summed E-state index contributed by atoms with van der Waals surface area (Å²) in [5.41, 5.74) is 5.79. The van der Waals surface area contributed by atoms with Gasteiger partial charge in [-0.3, -0.25) is 0 Å². The Kier molecular flexibility index (Phi) is 3.84. The quantitative estimate of drug-likeness (QED) is 0.728. The summed E-state index contributed by atoms with van der Waals surface area (Å²) in [7, 11) is 0. The molecule has 0 spiro atoms. The minimum atomic E-state index is -0.621. The fraction of sp³-hybridized carbons (Fsp3) is 0.143. The normalized spacial score (nSPS) is 20.4. The first kappa shape index (κ1) is 14.2. The number of hydrogen-bond donors (Lipinski definition) is 0. The van der Waals surface area contributed by atoms with Gasteiger partial charge in [-0.15, -0.1) is 0 Å². The molecule has 0 saturated heterocycles. The zero-order chi connectivity index (χ0) is 14.9. The van der Waals surface area contributed by atoms with Gasteiger partial charge < -0.3 is 0 Å². The third kappa shape index (κ3) is 2.33. The van der Waals surface area contributed by atoms with Gasteiger partial charge >= 0.3 is 143 Å². The van der Waals surface area contributed by atoms with Crippen LogP contribution >= 0.6 is 0 Å². The van der Waals surface area contributed by atoms with E-state index >= 15 is 0 Å². The van der Waals surface area contributed by atoms with E-state index in [1.807, 2.05) is 0 Å². The van der Waals surface area contributed by atoms with Crippen LogP contribution in [0.2, 0.25) is 0 Å². The monoisotopic (exact) mass is 360 g/mol. The first-order chi connectivity index (χ1) is 10.9. The van der Waals surface area contributed by atoms with E-state index in [0.717, 1.165) is 0 Å². The van der Waals surface area contributed by atoms with E-state index in [2.05, 4.69) is 83.5 Å². The van der Waals surface area contributed by atoms with E-state index < -0.39 is 22.3 Å². The summed E-state index contributed by atoms with van der Waals surface area (Å²) in [6.07, 6.45) is 9.44. The Hall–Kier alpha value is -1.46. The van der Waals surface area contributed by atoms with Crippen LogP contribution in [0.3, 0.4) is 0 Å². The van der Waals surface area contributed by atoms with E-state index in [4.69, 9.17) is 0 Å². The van der Waals surface area contributed by atoms with Gasteiger partial charge in [-0.25, -0.2) is 0 Å². The topological polar surface area (TPSA) is 0 Å². The van der Waals surface area contributed by atoms with Crippen LogP contribution in [0.15, 0.2) is 60.7 Å². The fourth-order valence-corrected chi connectivity index (χ4v) is 6.52. The summed E-state index contributed by atoms with van der Waals surface area (Å²) in [6, 6.07) is 17.7. The Morgan fingerprint density at radius 2 is 1.32 bits per heavy atom. The third-order valence-electron chi connectivity index (χ3n) is 4.58. The van der Waals surface area contributed by atoms with E-state index in [0.29, 0.717) is 11.8 Å². The average Bonchev–Trinajstić information content (AvgIpc) is 3.17. The van der Waals surface area contributed by atoms with Crippen LogP contribution in [-0.4, -0.2) is 6.91 Å². The molecule has 2 aromatic rings.